The molecule has 1 saturated heterocycles. The first-order valence-corrected chi connectivity index (χ1v) is 14.9. The fourth-order valence-electron chi connectivity index (χ4n) is 5.09. The molecule has 0 spiro atoms. The lowest BCUT2D eigenvalue weighted by molar-refractivity contribution is 0.00589. The molecule has 1 aliphatic heterocycles. The van der Waals surface area contributed by atoms with Crippen LogP contribution < -0.4 is 10.6 Å². The number of rotatable bonds is 8. The minimum absolute atomic E-state index is 0.00445. The molecule has 1 aliphatic carbocycles. The Balaban J connectivity index is 1.42. The van der Waals surface area contributed by atoms with Crippen molar-refractivity contribution in [3.05, 3.63) is 75.6 Å². The average Bonchev–Trinajstić information content (AvgIpc) is 3.68. The van der Waals surface area contributed by atoms with Gasteiger partial charge < -0.3 is 20.6 Å². The van der Waals surface area contributed by atoms with Gasteiger partial charge in [0.2, 0.25) is 0 Å². The molecule has 2 aliphatic rings. The number of likely N-dealkylation sites (tertiary alicyclic amines) is 1. The number of nitrogens with one attached hydrogen (secondary N) is 2. The highest BCUT2D eigenvalue weighted by Crippen LogP contribution is 2.38. The molecule has 6 rings (SSSR count). The van der Waals surface area contributed by atoms with E-state index in [1.807, 2.05) is 41.2 Å². The van der Waals surface area contributed by atoms with Gasteiger partial charge in [-0.1, -0.05) is 54.0 Å². The van der Waals surface area contributed by atoms with Crippen molar-refractivity contribution in [3.63, 3.8) is 0 Å². The number of carbonyl (C=O) groups is 1. The predicted octanol–water partition coefficient (Wildman–Crippen LogP) is 5.27. The third-order valence-corrected chi connectivity index (χ3v) is 7.97. The summed E-state index contributed by atoms with van der Waals surface area (Å²) in [4.78, 5) is 19.5. The number of carbonyl (C=O) groups excluding carboxylic acids is 1. The van der Waals surface area contributed by atoms with Gasteiger partial charge in [-0.15, -0.1) is 5.10 Å². The summed E-state index contributed by atoms with van der Waals surface area (Å²) < 4.78 is 2.74. The zero-order chi connectivity index (χ0) is 29.6. The van der Waals surface area contributed by atoms with E-state index in [0.29, 0.717) is 42.3 Å². The standard InChI is InChI=1S/C31H33BrN8O2/c1-31(2,3)17-35-27-20(12-33)13-34-29-24(27)10-21(32)11-25(29)36-28(26-16-40(38-37-26)22-7-8-22)18-5-4-6-19(9-18)30(42)39-14-23(41)15-39/h4-6,9-11,13,16,22-23,28,36,41H,7-8,14-15,17H2,1-3H3,(H,34,35)/t28-/m0/s1. The normalized spacial score (nSPS) is 16.1. The maximum atomic E-state index is 13.1. The van der Waals surface area contributed by atoms with Gasteiger partial charge in [0.1, 0.15) is 11.8 Å². The second-order valence-corrected chi connectivity index (χ2v) is 13.3. The van der Waals surface area contributed by atoms with Gasteiger partial charge in [-0.3, -0.25) is 9.78 Å². The fraction of sp³-hybridized carbons (Fsp3) is 0.387. The van der Waals surface area contributed by atoms with Gasteiger partial charge in [0.25, 0.3) is 5.91 Å². The Kier molecular flexibility index (Phi) is 7.37. The highest BCUT2D eigenvalue weighted by molar-refractivity contribution is 9.10. The summed E-state index contributed by atoms with van der Waals surface area (Å²) in [5.74, 6) is -0.115. The summed E-state index contributed by atoms with van der Waals surface area (Å²) in [6, 6.07) is 13.6. The number of benzene rings is 2. The highest BCUT2D eigenvalue weighted by atomic mass is 79.9. The van der Waals surface area contributed by atoms with Gasteiger partial charge in [-0.25, -0.2) is 4.68 Å². The molecule has 216 valence electrons. The topological polar surface area (TPSA) is 132 Å². The Morgan fingerprint density at radius 3 is 2.71 bits per heavy atom. The third-order valence-electron chi connectivity index (χ3n) is 7.51. The number of pyridine rings is 1. The molecular weight excluding hydrogens is 596 g/mol. The van der Waals surface area contributed by atoms with Crippen LogP contribution in [0.5, 0.6) is 0 Å². The minimum Gasteiger partial charge on any atom is -0.389 e. The molecule has 2 aromatic heterocycles. The van der Waals surface area contributed by atoms with E-state index in [2.05, 4.69) is 63.7 Å². The van der Waals surface area contributed by atoms with E-state index >= 15 is 0 Å². The molecule has 3 heterocycles. The van der Waals surface area contributed by atoms with E-state index in [9.17, 15) is 15.2 Å². The maximum absolute atomic E-state index is 13.1. The van der Waals surface area contributed by atoms with E-state index in [-0.39, 0.29) is 11.3 Å². The summed E-state index contributed by atoms with van der Waals surface area (Å²) >= 11 is 3.67. The number of aromatic nitrogens is 4. The van der Waals surface area contributed by atoms with Crippen LogP contribution >= 0.6 is 15.9 Å². The first kappa shape index (κ1) is 28.1. The van der Waals surface area contributed by atoms with Gasteiger partial charge in [0.15, 0.2) is 0 Å². The lowest BCUT2D eigenvalue weighted by Crippen LogP contribution is -2.53. The number of β-amino-alcohol motifs (C(OH)–C–C–N with tert-alkyl or cyclic N) is 1. The molecule has 2 fully saturated rings. The molecule has 4 aromatic rings. The Morgan fingerprint density at radius 1 is 1.24 bits per heavy atom. The van der Waals surface area contributed by atoms with E-state index in [1.54, 1.807) is 17.2 Å². The van der Waals surface area contributed by atoms with Crippen molar-refractivity contribution in [2.45, 2.75) is 51.8 Å². The van der Waals surface area contributed by atoms with Crippen molar-refractivity contribution in [1.29, 1.82) is 5.26 Å². The summed E-state index contributed by atoms with van der Waals surface area (Å²) in [7, 11) is 0. The zero-order valence-corrected chi connectivity index (χ0v) is 25.4. The number of hydrogen-bond donors (Lipinski definition) is 3. The van der Waals surface area contributed by atoms with Crippen LogP contribution in [0.3, 0.4) is 0 Å². The Labute approximate surface area is 252 Å². The third kappa shape index (κ3) is 5.82. The Hall–Kier alpha value is -4.01. The van der Waals surface area contributed by atoms with Crippen LogP contribution in [-0.2, 0) is 0 Å². The number of hydrogen-bond acceptors (Lipinski definition) is 8. The average molecular weight is 630 g/mol. The summed E-state index contributed by atoms with van der Waals surface area (Å²) in [6.45, 7) is 7.78. The number of halogens is 1. The first-order chi connectivity index (χ1) is 20.1. The summed E-state index contributed by atoms with van der Waals surface area (Å²) in [5.41, 5.74) is 4.78. The van der Waals surface area contributed by atoms with Crippen LogP contribution in [0.4, 0.5) is 11.4 Å². The van der Waals surface area contributed by atoms with Crippen molar-refractivity contribution < 1.29 is 9.90 Å². The summed E-state index contributed by atoms with van der Waals surface area (Å²) in [5, 5.41) is 36.5. The molecule has 2 aromatic carbocycles. The van der Waals surface area contributed by atoms with Crippen LogP contribution in [0.1, 0.15) is 72.9 Å². The van der Waals surface area contributed by atoms with Crippen molar-refractivity contribution in [1.82, 2.24) is 24.9 Å². The zero-order valence-electron chi connectivity index (χ0n) is 23.8. The van der Waals surface area contributed by atoms with Crippen LogP contribution in [0.15, 0.2) is 53.3 Å². The number of amides is 1. The molecule has 42 heavy (non-hydrogen) atoms. The Morgan fingerprint density at radius 2 is 2.02 bits per heavy atom. The van der Waals surface area contributed by atoms with Crippen molar-refractivity contribution in [2.24, 2.45) is 5.41 Å². The smallest absolute Gasteiger partial charge is 0.254 e. The van der Waals surface area contributed by atoms with Gasteiger partial charge in [0, 0.05) is 41.3 Å². The maximum Gasteiger partial charge on any atom is 0.254 e. The second kappa shape index (κ2) is 11.0. The fourth-order valence-corrected chi connectivity index (χ4v) is 5.54. The van der Waals surface area contributed by atoms with E-state index < -0.39 is 12.1 Å². The monoisotopic (exact) mass is 628 g/mol. The van der Waals surface area contributed by atoms with Gasteiger partial charge in [-0.05, 0) is 48.1 Å². The minimum atomic E-state index is -0.467. The largest absolute Gasteiger partial charge is 0.389 e. The number of aliphatic hydroxyl groups excluding tert-OH is 1. The molecule has 1 amide bonds. The van der Waals surface area contributed by atoms with Crippen LogP contribution in [0.2, 0.25) is 0 Å². The van der Waals surface area contributed by atoms with E-state index in [4.69, 9.17) is 4.98 Å². The molecule has 1 saturated carbocycles. The molecule has 0 unspecified atom stereocenters. The second-order valence-electron chi connectivity index (χ2n) is 12.3. The first-order valence-electron chi connectivity index (χ1n) is 14.1. The molecular formula is C31H33BrN8O2. The van der Waals surface area contributed by atoms with E-state index in [1.165, 1.54) is 0 Å². The lowest BCUT2D eigenvalue weighted by Gasteiger charge is -2.36. The molecule has 0 bridgehead atoms. The molecule has 0 radical (unpaired) electrons. The number of nitrogens with zero attached hydrogens (tertiary/aromatic N) is 6. The highest BCUT2D eigenvalue weighted by Gasteiger charge is 2.31. The molecule has 3 N–H and O–H groups in total. The van der Waals surface area contributed by atoms with Crippen LogP contribution in [0, 0.1) is 16.7 Å². The van der Waals surface area contributed by atoms with Crippen molar-refractivity contribution in [3.8, 4) is 6.07 Å². The molecule has 11 heteroatoms. The number of nitriles is 1. The summed E-state index contributed by atoms with van der Waals surface area (Å²) in [6.07, 6.45) is 5.26. The number of anilines is 2. The predicted molar refractivity (Wildman–Crippen MR) is 164 cm³/mol. The van der Waals surface area contributed by atoms with Crippen molar-refractivity contribution in [2.75, 3.05) is 30.3 Å². The van der Waals surface area contributed by atoms with E-state index in [0.717, 1.165) is 45.3 Å². The van der Waals surface area contributed by atoms with Gasteiger partial charge in [-0.2, -0.15) is 5.26 Å². The molecule has 10 nitrogen and oxygen atoms in total. The van der Waals surface area contributed by atoms with Gasteiger partial charge >= 0.3 is 0 Å². The molecule has 1 atom stereocenters. The Bertz CT molecular complexity index is 1700. The quantitative estimate of drug-likeness (QED) is 0.240. The van der Waals surface area contributed by atoms with Crippen molar-refractivity contribution >= 4 is 44.1 Å². The lowest BCUT2D eigenvalue weighted by atomic mass is 9.96. The SMILES string of the molecule is CC(C)(C)CNc1c(C#N)cnc2c(N[C@@H](c3cccc(C(=O)N4CC(O)C4)c3)c3cn(C4CC4)nn3)cc(Br)cc12. The number of aliphatic hydroxyl groups is 1. The van der Waals surface area contributed by atoms with Gasteiger partial charge in [0.05, 0.1) is 46.8 Å². The number of fused-ring (bicyclic) bond motifs is 1. The van der Waals surface area contributed by atoms with Crippen LogP contribution in [0.25, 0.3) is 10.9 Å². The van der Waals surface area contributed by atoms with Crippen LogP contribution in [-0.4, -0.2) is 61.6 Å².